The lowest BCUT2D eigenvalue weighted by Crippen LogP contribution is -2.37. The molecule has 2 aliphatic heterocycles. The molecule has 0 amide bonds. The van der Waals surface area contributed by atoms with E-state index in [2.05, 4.69) is 47.3 Å². The molecule has 0 spiro atoms. The number of piperidine rings is 2. The van der Waals surface area contributed by atoms with Crippen LogP contribution in [0, 0.1) is 11.8 Å². The molecule has 2 fully saturated rings. The van der Waals surface area contributed by atoms with Crippen LogP contribution in [-0.2, 0) is 0 Å². The first-order valence-corrected chi connectivity index (χ1v) is 10.9. The summed E-state index contributed by atoms with van der Waals surface area (Å²) in [7, 11) is 0. The van der Waals surface area contributed by atoms with E-state index in [1.165, 1.54) is 25.7 Å². The van der Waals surface area contributed by atoms with Crippen molar-refractivity contribution in [2.24, 2.45) is 11.8 Å². The van der Waals surface area contributed by atoms with Gasteiger partial charge in [0.05, 0.1) is 0 Å². The number of nitrogens with zero attached hydrogens (tertiary/aromatic N) is 4. The highest BCUT2D eigenvalue weighted by Crippen LogP contribution is 2.28. The molecule has 2 N–H and O–H groups in total. The predicted octanol–water partition coefficient (Wildman–Crippen LogP) is 3.65. The lowest BCUT2D eigenvalue weighted by atomic mass is 9.99. The van der Waals surface area contributed by atoms with Gasteiger partial charge in [0, 0.05) is 38.8 Å². The molecule has 2 aliphatic rings. The Kier molecular flexibility index (Phi) is 7.10. The van der Waals surface area contributed by atoms with Crippen molar-refractivity contribution in [1.29, 1.82) is 0 Å². The van der Waals surface area contributed by atoms with Crippen LogP contribution in [0.5, 0.6) is 0 Å². The highest BCUT2D eigenvalue weighted by Gasteiger charge is 2.22. The number of nitrogens with one attached hydrogen (secondary N) is 2. The van der Waals surface area contributed by atoms with Gasteiger partial charge in [-0.05, 0) is 56.2 Å². The van der Waals surface area contributed by atoms with Crippen molar-refractivity contribution in [3.05, 3.63) is 6.07 Å². The standard InChI is InChI=1S/C20H34N6S/c1-4-9-21-20(27)24-19-22-17(25-11-7-15(2)8-12-25)13-18(23-19)26-10-5-6-16(3)14-26/h13,15-16H,4-12,14H2,1-3H3,(H2,21,22,23,24,27)/t16-/m1/s1. The smallest absolute Gasteiger partial charge is 0.232 e. The summed E-state index contributed by atoms with van der Waals surface area (Å²) in [6.45, 7) is 11.9. The van der Waals surface area contributed by atoms with Crippen LogP contribution in [0.25, 0.3) is 0 Å². The number of hydrogen-bond acceptors (Lipinski definition) is 5. The molecule has 150 valence electrons. The molecule has 3 heterocycles. The fraction of sp³-hybridized carbons (Fsp3) is 0.750. The molecule has 3 rings (SSSR count). The summed E-state index contributed by atoms with van der Waals surface area (Å²) in [4.78, 5) is 14.4. The van der Waals surface area contributed by atoms with Crippen molar-refractivity contribution in [3.8, 4) is 0 Å². The van der Waals surface area contributed by atoms with E-state index in [9.17, 15) is 0 Å². The lowest BCUT2D eigenvalue weighted by Gasteiger charge is -2.34. The molecule has 7 heteroatoms. The molecule has 0 aromatic carbocycles. The Morgan fingerprint density at radius 3 is 2.44 bits per heavy atom. The predicted molar refractivity (Wildman–Crippen MR) is 118 cm³/mol. The van der Waals surface area contributed by atoms with Crippen molar-refractivity contribution in [1.82, 2.24) is 15.3 Å². The molecule has 2 saturated heterocycles. The Morgan fingerprint density at radius 2 is 1.78 bits per heavy atom. The van der Waals surface area contributed by atoms with Crippen molar-refractivity contribution in [2.45, 2.75) is 52.9 Å². The van der Waals surface area contributed by atoms with Gasteiger partial charge >= 0.3 is 0 Å². The minimum Gasteiger partial charge on any atom is -0.362 e. The highest BCUT2D eigenvalue weighted by molar-refractivity contribution is 7.80. The zero-order valence-corrected chi connectivity index (χ0v) is 17.8. The summed E-state index contributed by atoms with van der Waals surface area (Å²) in [5.74, 6) is 4.15. The topological polar surface area (TPSA) is 56.3 Å². The number of rotatable bonds is 5. The Balaban J connectivity index is 1.81. The molecule has 0 saturated carbocycles. The van der Waals surface area contributed by atoms with E-state index in [4.69, 9.17) is 22.2 Å². The fourth-order valence-corrected chi connectivity index (χ4v) is 4.01. The van der Waals surface area contributed by atoms with Gasteiger partial charge in [0.15, 0.2) is 5.11 Å². The molecule has 27 heavy (non-hydrogen) atoms. The third kappa shape index (κ3) is 5.67. The van der Waals surface area contributed by atoms with Crippen LogP contribution in [-0.4, -0.2) is 47.8 Å². The van der Waals surface area contributed by atoms with E-state index in [0.717, 1.165) is 56.7 Å². The first-order valence-electron chi connectivity index (χ1n) is 10.5. The second kappa shape index (κ2) is 9.53. The van der Waals surface area contributed by atoms with E-state index in [0.29, 0.717) is 17.0 Å². The van der Waals surface area contributed by atoms with Crippen molar-refractivity contribution >= 4 is 34.9 Å². The van der Waals surface area contributed by atoms with Gasteiger partial charge in [0.1, 0.15) is 11.6 Å². The summed E-state index contributed by atoms with van der Waals surface area (Å²) in [5.41, 5.74) is 0. The van der Waals surface area contributed by atoms with Gasteiger partial charge in [-0.2, -0.15) is 9.97 Å². The minimum atomic E-state index is 0.597. The molecule has 0 aliphatic carbocycles. The third-order valence-electron chi connectivity index (χ3n) is 5.55. The molecule has 1 aromatic rings. The summed E-state index contributed by atoms with van der Waals surface area (Å²) in [6, 6.07) is 2.17. The van der Waals surface area contributed by atoms with Crippen LogP contribution in [0.1, 0.15) is 52.9 Å². The minimum absolute atomic E-state index is 0.597. The number of hydrogen-bond donors (Lipinski definition) is 2. The number of anilines is 3. The third-order valence-corrected chi connectivity index (χ3v) is 5.80. The Morgan fingerprint density at radius 1 is 1.07 bits per heavy atom. The number of thiocarbonyl (C=S) groups is 1. The van der Waals surface area contributed by atoms with E-state index in [1.807, 2.05) is 0 Å². The van der Waals surface area contributed by atoms with E-state index in [-0.39, 0.29) is 0 Å². The van der Waals surface area contributed by atoms with Crippen LogP contribution in [0.2, 0.25) is 0 Å². The van der Waals surface area contributed by atoms with Crippen LogP contribution < -0.4 is 20.4 Å². The SMILES string of the molecule is CCCNC(=S)Nc1nc(N2CCC(C)CC2)cc(N2CCC[C@@H](C)C2)n1. The quantitative estimate of drug-likeness (QED) is 0.744. The first kappa shape index (κ1) is 20.1. The van der Waals surface area contributed by atoms with Crippen LogP contribution in [0.4, 0.5) is 17.6 Å². The average molecular weight is 391 g/mol. The Bertz CT molecular complexity index is 629. The van der Waals surface area contributed by atoms with Gasteiger partial charge in [-0.1, -0.05) is 20.8 Å². The second-order valence-corrected chi connectivity index (χ2v) is 8.56. The molecule has 0 bridgehead atoms. The molecular formula is C20H34N6S. The second-order valence-electron chi connectivity index (χ2n) is 8.15. The van der Waals surface area contributed by atoms with Gasteiger partial charge < -0.3 is 20.4 Å². The van der Waals surface area contributed by atoms with Crippen molar-refractivity contribution in [2.75, 3.05) is 47.8 Å². The van der Waals surface area contributed by atoms with Crippen LogP contribution in [0.15, 0.2) is 6.07 Å². The largest absolute Gasteiger partial charge is 0.362 e. The Labute approximate surface area is 169 Å². The van der Waals surface area contributed by atoms with E-state index >= 15 is 0 Å². The molecule has 0 radical (unpaired) electrons. The fourth-order valence-electron chi connectivity index (χ4n) is 3.82. The van der Waals surface area contributed by atoms with Gasteiger partial charge in [-0.15, -0.1) is 0 Å². The molecular weight excluding hydrogens is 356 g/mol. The first-order chi connectivity index (χ1) is 13.0. The van der Waals surface area contributed by atoms with Gasteiger partial charge in [-0.25, -0.2) is 0 Å². The van der Waals surface area contributed by atoms with Crippen LogP contribution in [0.3, 0.4) is 0 Å². The van der Waals surface area contributed by atoms with Gasteiger partial charge in [0.25, 0.3) is 0 Å². The monoisotopic (exact) mass is 390 g/mol. The molecule has 6 nitrogen and oxygen atoms in total. The summed E-state index contributed by atoms with van der Waals surface area (Å²) < 4.78 is 0. The summed E-state index contributed by atoms with van der Waals surface area (Å²) >= 11 is 5.41. The maximum Gasteiger partial charge on any atom is 0.232 e. The van der Waals surface area contributed by atoms with Crippen molar-refractivity contribution in [3.63, 3.8) is 0 Å². The lowest BCUT2D eigenvalue weighted by molar-refractivity contribution is 0.435. The van der Waals surface area contributed by atoms with Gasteiger partial charge in [0.2, 0.25) is 5.95 Å². The summed E-state index contributed by atoms with van der Waals surface area (Å²) in [6.07, 6.45) is 6.00. The van der Waals surface area contributed by atoms with Crippen LogP contribution >= 0.6 is 12.2 Å². The van der Waals surface area contributed by atoms with E-state index < -0.39 is 0 Å². The van der Waals surface area contributed by atoms with E-state index in [1.54, 1.807) is 0 Å². The molecule has 0 unspecified atom stereocenters. The zero-order valence-electron chi connectivity index (χ0n) is 17.0. The maximum atomic E-state index is 5.41. The van der Waals surface area contributed by atoms with Gasteiger partial charge in [-0.3, -0.25) is 0 Å². The van der Waals surface area contributed by atoms with Crippen molar-refractivity contribution < 1.29 is 0 Å². The Hall–Kier alpha value is -1.63. The average Bonchev–Trinajstić information content (AvgIpc) is 2.66. The normalized spacial score (nSPS) is 21.2. The molecule has 1 aromatic heterocycles. The zero-order chi connectivity index (χ0) is 19.2. The molecule has 1 atom stereocenters. The summed E-state index contributed by atoms with van der Waals surface area (Å²) in [5, 5.41) is 7.00. The highest BCUT2D eigenvalue weighted by atomic mass is 32.1. The maximum absolute atomic E-state index is 5.41. The number of aromatic nitrogens is 2.